The predicted octanol–water partition coefficient (Wildman–Crippen LogP) is 4.86. The predicted molar refractivity (Wildman–Crippen MR) is 105 cm³/mol. The fourth-order valence-electron chi connectivity index (χ4n) is 3.05. The number of rotatable bonds is 5. The molecule has 0 bridgehead atoms. The number of aromatic nitrogens is 1. The zero-order chi connectivity index (χ0) is 17.8. The van der Waals surface area contributed by atoms with Gasteiger partial charge in [-0.1, -0.05) is 72.8 Å². The number of nitrogens with two attached hydrogens (primary N) is 1. The Labute approximate surface area is 153 Å². The first-order valence-electron chi connectivity index (χ1n) is 8.68. The molecule has 0 aliphatic heterocycles. The van der Waals surface area contributed by atoms with Gasteiger partial charge in [0.15, 0.2) is 0 Å². The molecule has 1 heterocycles. The molecule has 0 fully saturated rings. The second-order valence-electron chi connectivity index (χ2n) is 6.21. The van der Waals surface area contributed by atoms with Gasteiger partial charge in [-0.2, -0.15) is 0 Å². The van der Waals surface area contributed by atoms with Crippen molar-refractivity contribution in [1.29, 1.82) is 0 Å². The monoisotopic (exact) mass is 340 g/mol. The summed E-state index contributed by atoms with van der Waals surface area (Å²) < 4.78 is 6.07. The Hall–Kier alpha value is -3.17. The van der Waals surface area contributed by atoms with Crippen LogP contribution in [0.2, 0.25) is 0 Å². The van der Waals surface area contributed by atoms with Gasteiger partial charge in [-0.3, -0.25) is 0 Å². The van der Waals surface area contributed by atoms with Crippen LogP contribution in [0.15, 0.2) is 91.0 Å². The molecule has 0 aliphatic carbocycles. The molecule has 3 aromatic carbocycles. The first kappa shape index (κ1) is 16.3. The fraction of sp³-hybridized carbons (Fsp3) is 0.0870. The Kier molecular flexibility index (Phi) is 4.63. The maximum absolute atomic E-state index is 6.46. The molecule has 3 heteroatoms. The largest absolute Gasteiger partial charge is 0.487 e. The Bertz CT molecular complexity index is 1010. The molecule has 0 spiro atoms. The number of benzene rings is 3. The van der Waals surface area contributed by atoms with E-state index in [0.29, 0.717) is 6.61 Å². The van der Waals surface area contributed by atoms with Crippen molar-refractivity contribution in [3.05, 3.63) is 108 Å². The average molecular weight is 340 g/mol. The van der Waals surface area contributed by atoms with Crippen molar-refractivity contribution < 1.29 is 4.74 Å². The van der Waals surface area contributed by atoms with Crippen molar-refractivity contribution in [3.63, 3.8) is 0 Å². The molecule has 26 heavy (non-hydrogen) atoms. The van der Waals surface area contributed by atoms with Gasteiger partial charge in [-0.15, -0.1) is 0 Å². The van der Waals surface area contributed by atoms with Crippen LogP contribution in [0, 0.1) is 0 Å². The Morgan fingerprint density at radius 2 is 1.50 bits per heavy atom. The molecule has 2 N–H and O–H groups in total. The highest BCUT2D eigenvalue weighted by Crippen LogP contribution is 2.28. The standard InChI is InChI=1S/C23H20N2O/c24-23(18-9-2-1-3-10-18)20-11-5-7-13-22(20)26-16-19-15-14-17-8-4-6-12-21(17)25-19/h1-15,23H,16,24H2. The fourth-order valence-corrected chi connectivity index (χ4v) is 3.05. The summed E-state index contributed by atoms with van der Waals surface area (Å²) in [5.41, 5.74) is 10.4. The zero-order valence-electron chi connectivity index (χ0n) is 14.4. The van der Waals surface area contributed by atoms with E-state index in [1.807, 2.05) is 78.9 Å². The van der Waals surface area contributed by atoms with Gasteiger partial charge in [0.05, 0.1) is 17.3 Å². The summed E-state index contributed by atoms with van der Waals surface area (Å²) in [7, 11) is 0. The molecule has 0 radical (unpaired) electrons. The Balaban J connectivity index is 1.56. The molecule has 1 unspecified atom stereocenters. The van der Waals surface area contributed by atoms with Crippen molar-refractivity contribution in [3.8, 4) is 5.75 Å². The van der Waals surface area contributed by atoms with E-state index in [-0.39, 0.29) is 6.04 Å². The lowest BCUT2D eigenvalue weighted by Crippen LogP contribution is -2.13. The lowest BCUT2D eigenvalue weighted by atomic mass is 9.99. The van der Waals surface area contributed by atoms with Crippen LogP contribution in [-0.4, -0.2) is 4.98 Å². The van der Waals surface area contributed by atoms with E-state index in [1.165, 1.54) is 0 Å². The third-order valence-electron chi connectivity index (χ3n) is 4.44. The number of nitrogens with zero attached hydrogens (tertiary/aromatic N) is 1. The quantitative estimate of drug-likeness (QED) is 0.564. The maximum atomic E-state index is 6.46. The van der Waals surface area contributed by atoms with Crippen LogP contribution in [0.5, 0.6) is 5.75 Å². The summed E-state index contributed by atoms with van der Waals surface area (Å²) in [6.07, 6.45) is 0. The van der Waals surface area contributed by atoms with Gasteiger partial charge in [-0.05, 0) is 23.8 Å². The molecule has 0 aliphatic rings. The number of hydrogen-bond donors (Lipinski definition) is 1. The Morgan fingerprint density at radius 1 is 0.769 bits per heavy atom. The molecule has 4 aromatic rings. The second-order valence-corrected chi connectivity index (χ2v) is 6.21. The number of pyridine rings is 1. The topological polar surface area (TPSA) is 48.1 Å². The van der Waals surface area contributed by atoms with Crippen molar-refractivity contribution in [2.75, 3.05) is 0 Å². The van der Waals surface area contributed by atoms with Crippen molar-refractivity contribution in [2.45, 2.75) is 12.6 Å². The van der Waals surface area contributed by atoms with E-state index < -0.39 is 0 Å². The summed E-state index contributed by atoms with van der Waals surface area (Å²) in [5, 5.41) is 1.13. The first-order valence-corrected chi connectivity index (χ1v) is 8.68. The minimum absolute atomic E-state index is 0.225. The number of para-hydroxylation sites is 2. The minimum Gasteiger partial charge on any atom is -0.487 e. The average Bonchev–Trinajstić information content (AvgIpc) is 2.72. The smallest absolute Gasteiger partial charge is 0.130 e. The van der Waals surface area contributed by atoms with Gasteiger partial charge in [0, 0.05) is 10.9 Å². The minimum atomic E-state index is -0.225. The van der Waals surface area contributed by atoms with E-state index in [2.05, 4.69) is 17.1 Å². The second kappa shape index (κ2) is 7.38. The molecule has 128 valence electrons. The molecule has 0 amide bonds. The molecular formula is C23H20N2O. The SMILES string of the molecule is NC(c1ccccc1)c1ccccc1OCc1ccc2ccccc2n1. The van der Waals surface area contributed by atoms with E-state index >= 15 is 0 Å². The normalized spacial score (nSPS) is 12.0. The summed E-state index contributed by atoms with van der Waals surface area (Å²) in [6.45, 7) is 0.406. The van der Waals surface area contributed by atoms with Crippen LogP contribution in [0.25, 0.3) is 10.9 Å². The third-order valence-corrected chi connectivity index (χ3v) is 4.44. The lowest BCUT2D eigenvalue weighted by Gasteiger charge is -2.17. The zero-order valence-corrected chi connectivity index (χ0v) is 14.4. The molecule has 0 saturated heterocycles. The van der Waals surface area contributed by atoms with Crippen molar-refractivity contribution in [1.82, 2.24) is 4.98 Å². The number of fused-ring (bicyclic) bond motifs is 1. The Morgan fingerprint density at radius 3 is 2.38 bits per heavy atom. The van der Waals surface area contributed by atoms with Gasteiger partial charge >= 0.3 is 0 Å². The van der Waals surface area contributed by atoms with Crippen LogP contribution in [-0.2, 0) is 6.61 Å². The van der Waals surface area contributed by atoms with E-state index in [9.17, 15) is 0 Å². The molecule has 1 aromatic heterocycles. The van der Waals surface area contributed by atoms with E-state index in [4.69, 9.17) is 10.5 Å². The summed E-state index contributed by atoms with van der Waals surface area (Å²) >= 11 is 0. The van der Waals surface area contributed by atoms with Gasteiger partial charge in [0.1, 0.15) is 12.4 Å². The maximum Gasteiger partial charge on any atom is 0.130 e. The molecule has 1 atom stereocenters. The number of ether oxygens (including phenoxy) is 1. The molecule has 0 saturated carbocycles. The van der Waals surface area contributed by atoms with Crippen LogP contribution in [0.1, 0.15) is 22.9 Å². The molecule has 4 rings (SSSR count). The van der Waals surface area contributed by atoms with E-state index in [0.717, 1.165) is 33.5 Å². The van der Waals surface area contributed by atoms with Crippen molar-refractivity contribution in [2.24, 2.45) is 5.73 Å². The van der Waals surface area contributed by atoms with Gasteiger partial charge in [-0.25, -0.2) is 4.98 Å². The first-order chi connectivity index (χ1) is 12.8. The van der Waals surface area contributed by atoms with Gasteiger partial charge in [0.2, 0.25) is 0 Å². The highest BCUT2D eigenvalue weighted by Gasteiger charge is 2.14. The highest BCUT2D eigenvalue weighted by molar-refractivity contribution is 5.78. The van der Waals surface area contributed by atoms with Gasteiger partial charge < -0.3 is 10.5 Å². The molecular weight excluding hydrogens is 320 g/mol. The number of hydrogen-bond acceptors (Lipinski definition) is 3. The summed E-state index contributed by atoms with van der Waals surface area (Å²) in [5.74, 6) is 0.791. The van der Waals surface area contributed by atoms with Crippen LogP contribution in [0.4, 0.5) is 0 Å². The third kappa shape index (κ3) is 3.44. The van der Waals surface area contributed by atoms with E-state index in [1.54, 1.807) is 0 Å². The lowest BCUT2D eigenvalue weighted by molar-refractivity contribution is 0.297. The summed E-state index contributed by atoms with van der Waals surface area (Å²) in [4.78, 5) is 4.67. The van der Waals surface area contributed by atoms with Crippen LogP contribution in [0.3, 0.4) is 0 Å². The highest BCUT2D eigenvalue weighted by atomic mass is 16.5. The van der Waals surface area contributed by atoms with Crippen LogP contribution >= 0.6 is 0 Å². The van der Waals surface area contributed by atoms with Gasteiger partial charge in [0.25, 0.3) is 0 Å². The molecule has 3 nitrogen and oxygen atoms in total. The summed E-state index contributed by atoms with van der Waals surface area (Å²) in [6, 6.07) is 29.9. The van der Waals surface area contributed by atoms with Crippen LogP contribution < -0.4 is 10.5 Å². The van der Waals surface area contributed by atoms with Crippen molar-refractivity contribution >= 4 is 10.9 Å².